The molecule has 0 aromatic heterocycles. The third-order valence-corrected chi connectivity index (χ3v) is 3.80. The quantitative estimate of drug-likeness (QED) is 0.678. The van der Waals surface area contributed by atoms with Gasteiger partial charge in [-0.2, -0.15) is 0 Å². The van der Waals surface area contributed by atoms with Crippen molar-refractivity contribution >= 4 is 10.0 Å². The molecule has 1 unspecified atom stereocenters. The van der Waals surface area contributed by atoms with Crippen LogP contribution in [0.2, 0.25) is 0 Å². The Morgan fingerprint density at radius 1 is 1.53 bits per heavy atom. The van der Waals surface area contributed by atoms with E-state index in [0.29, 0.717) is 19.7 Å². The van der Waals surface area contributed by atoms with Crippen molar-refractivity contribution in [2.24, 2.45) is 5.92 Å². The molecule has 1 saturated heterocycles. The van der Waals surface area contributed by atoms with Gasteiger partial charge in [-0.1, -0.05) is 13.8 Å². The highest BCUT2D eigenvalue weighted by molar-refractivity contribution is 7.89. The number of morpholine rings is 1. The van der Waals surface area contributed by atoms with Crippen LogP contribution in [0.3, 0.4) is 0 Å². The second kappa shape index (κ2) is 5.79. The zero-order valence-corrected chi connectivity index (χ0v) is 10.1. The molecule has 1 aliphatic heterocycles. The molecule has 0 saturated carbocycles. The Balaban J connectivity index is 2.28. The molecule has 0 aliphatic carbocycles. The van der Waals surface area contributed by atoms with Crippen LogP contribution in [0.15, 0.2) is 0 Å². The van der Waals surface area contributed by atoms with Gasteiger partial charge in [0.15, 0.2) is 0 Å². The van der Waals surface area contributed by atoms with Crippen molar-refractivity contribution < 1.29 is 13.2 Å². The van der Waals surface area contributed by atoms with E-state index in [0.717, 1.165) is 6.54 Å². The molecule has 1 heterocycles. The van der Waals surface area contributed by atoms with Crippen LogP contribution in [0.4, 0.5) is 0 Å². The molecule has 0 aromatic carbocycles. The van der Waals surface area contributed by atoms with E-state index in [4.69, 9.17) is 4.74 Å². The van der Waals surface area contributed by atoms with Crippen molar-refractivity contribution in [1.82, 2.24) is 10.0 Å². The molecule has 0 aromatic rings. The molecule has 1 rings (SSSR count). The molecule has 0 radical (unpaired) electrons. The Morgan fingerprint density at radius 3 is 2.80 bits per heavy atom. The number of hydrogen-bond donors (Lipinski definition) is 2. The van der Waals surface area contributed by atoms with Crippen LogP contribution < -0.4 is 10.0 Å². The van der Waals surface area contributed by atoms with Crippen LogP contribution in [0.25, 0.3) is 0 Å². The molecule has 6 heteroatoms. The molecule has 1 atom stereocenters. The van der Waals surface area contributed by atoms with Crippen molar-refractivity contribution in [3.63, 3.8) is 0 Å². The van der Waals surface area contributed by atoms with Gasteiger partial charge in [0.2, 0.25) is 10.0 Å². The minimum Gasteiger partial charge on any atom is -0.374 e. The summed E-state index contributed by atoms with van der Waals surface area (Å²) >= 11 is 0. The minimum atomic E-state index is -3.14. The molecule has 5 nitrogen and oxygen atoms in total. The van der Waals surface area contributed by atoms with Gasteiger partial charge in [-0.05, 0) is 5.92 Å². The zero-order chi connectivity index (χ0) is 11.3. The number of nitrogens with one attached hydrogen (secondary N) is 2. The summed E-state index contributed by atoms with van der Waals surface area (Å²) in [6.07, 6.45) is -0.0410. The molecule has 0 amide bonds. The normalized spacial score (nSPS) is 23.3. The lowest BCUT2D eigenvalue weighted by molar-refractivity contribution is 0.0324. The Hall–Kier alpha value is -0.170. The summed E-state index contributed by atoms with van der Waals surface area (Å²) in [7, 11) is -3.14. The Kier molecular flexibility index (Phi) is 4.98. The van der Waals surface area contributed by atoms with E-state index in [1.807, 2.05) is 13.8 Å². The summed E-state index contributed by atoms with van der Waals surface area (Å²) < 4.78 is 30.9. The van der Waals surface area contributed by atoms with Crippen LogP contribution in [-0.4, -0.2) is 46.5 Å². The van der Waals surface area contributed by atoms with Crippen LogP contribution in [0.5, 0.6) is 0 Å². The fourth-order valence-corrected chi connectivity index (χ4v) is 2.90. The predicted octanol–water partition coefficient (Wildman–Crippen LogP) is -0.450. The van der Waals surface area contributed by atoms with Gasteiger partial charge >= 0.3 is 0 Å². The Bertz CT molecular complexity index is 271. The van der Waals surface area contributed by atoms with E-state index in [2.05, 4.69) is 10.0 Å². The zero-order valence-electron chi connectivity index (χ0n) is 9.32. The summed E-state index contributed by atoms with van der Waals surface area (Å²) in [4.78, 5) is 0. The highest BCUT2D eigenvalue weighted by atomic mass is 32.2. The first-order valence-corrected chi connectivity index (χ1v) is 6.94. The van der Waals surface area contributed by atoms with Gasteiger partial charge in [-0.15, -0.1) is 0 Å². The van der Waals surface area contributed by atoms with Crippen molar-refractivity contribution in [2.45, 2.75) is 20.0 Å². The summed E-state index contributed by atoms with van der Waals surface area (Å²) in [5, 5.41) is 3.15. The van der Waals surface area contributed by atoms with Gasteiger partial charge in [0, 0.05) is 19.6 Å². The van der Waals surface area contributed by atoms with Gasteiger partial charge in [0.05, 0.1) is 18.5 Å². The average molecular weight is 236 g/mol. The van der Waals surface area contributed by atoms with Gasteiger partial charge in [-0.3, -0.25) is 0 Å². The SMILES string of the molecule is CC(C)CS(=O)(=O)NCC1CNCCO1. The molecule has 90 valence electrons. The first-order chi connectivity index (χ1) is 6.99. The standard InChI is InChI=1S/C9H20N2O3S/c1-8(2)7-15(12,13)11-6-9-5-10-3-4-14-9/h8-11H,3-7H2,1-2H3. The maximum absolute atomic E-state index is 11.5. The minimum absolute atomic E-state index is 0.0410. The molecule has 0 bridgehead atoms. The average Bonchev–Trinajstić information content (AvgIpc) is 2.15. The van der Waals surface area contributed by atoms with E-state index in [1.165, 1.54) is 0 Å². The lowest BCUT2D eigenvalue weighted by Gasteiger charge is -2.23. The van der Waals surface area contributed by atoms with E-state index in [-0.39, 0.29) is 17.8 Å². The van der Waals surface area contributed by atoms with Gasteiger partial charge < -0.3 is 10.1 Å². The lowest BCUT2D eigenvalue weighted by atomic mass is 10.3. The van der Waals surface area contributed by atoms with Crippen molar-refractivity contribution in [2.75, 3.05) is 32.0 Å². The van der Waals surface area contributed by atoms with Crippen molar-refractivity contribution in [1.29, 1.82) is 0 Å². The lowest BCUT2D eigenvalue weighted by Crippen LogP contribution is -2.45. The third kappa shape index (κ3) is 5.46. The third-order valence-electron chi connectivity index (χ3n) is 2.09. The van der Waals surface area contributed by atoms with Crippen LogP contribution in [0, 0.1) is 5.92 Å². The summed E-state index contributed by atoms with van der Waals surface area (Å²) in [5.74, 6) is 0.320. The van der Waals surface area contributed by atoms with Gasteiger partial charge in [-0.25, -0.2) is 13.1 Å². The van der Waals surface area contributed by atoms with Crippen molar-refractivity contribution in [3.8, 4) is 0 Å². The first kappa shape index (κ1) is 12.9. The van der Waals surface area contributed by atoms with Crippen LogP contribution in [0.1, 0.15) is 13.8 Å². The van der Waals surface area contributed by atoms with E-state index in [1.54, 1.807) is 0 Å². The second-order valence-electron chi connectivity index (χ2n) is 4.22. The number of sulfonamides is 1. The van der Waals surface area contributed by atoms with Gasteiger partial charge in [0.25, 0.3) is 0 Å². The van der Waals surface area contributed by atoms with Gasteiger partial charge in [0.1, 0.15) is 0 Å². The highest BCUT2D eigenvalue weighted by Gasteiger charge is 2.17. The number of rotatable bonds is 5. The molecule has 15 heavy (non-hydrogen) atoms. The summed E-state index contributed by atoms with van der Waals surface area (Å²) in [6, 6.07) is 0. The molecular formula is C9H20N2O3S. The molecular weight excluding hydrogens is 216 g/mol. The summed E-state index contributed by atoms with van der Waals surface area (Å²) in [5.41, 5.74) is 0. The first-order valence-electron chi connectivity index (χ1n) is 5.29. The number of hydrogen-bond acceptors (Lipinski definition) is 4. The van der Waals surface area contributed by atoms with E-state index in [9.17, 15) is 8.42 Å². The molecule has 2 N–H and O–H groups in total. The summed E-state index contributed by atoms with van der Waals surface area (Å²) in [6.45, 7) is 6.34. The Morgan fingerprint density at radius 2 is 2.27 bits per heavy atom. The van der Waals surface area contributed by atoms with E-state index < -0.39 is 10.0 Å². The molecule has 1 aliphatic rings. The van der Waals surface area contributed by atoms with Crippen LogP contribution in [-0.2, 0) is 14.8 Å². The number of ether oxygens (including phenoxy) is 1. The Labute approximate surface area is 91.6 Å². The monoisotopic (exact) mass is 236 g/mol. The highest BCUT2D eigenvalue weighted by Crippen LogP contribution is 1.99. The fourth-order valence-electron chi connectivity index (χ4n) is 1.47. The fraction of sp³-hybridized carbons (Fsp3) is 1.00. The smallest absolute Gasteiger partial charge is 0.211 e. The van der Waals surface area contributed by atoms with Crippen molar-refractivity contribution in [3.05, 3.63) is 0 Å². The maximum atomic E-state index is 11.5. The van der Waals surface area contributed by atoms with E-state index >= 15 is 0 Å². The topological polar surface area (TPSA) is 67.4 Å². The molecule has 0 spiro atoms. The maximum Gasteiger partial charge on any atom is 0.211 e. The second-order valence-corrected chi connectivity index (χ2v) is 6.07. The molecule has 1 fully saturated rings. The largest absolute Gasteiger partial charge is 0.374 e. The predicted molar refractivity (Wildman–Crippen MR) is 59.2 cm³/mol. The van der Waals surface area contributed by atoms with Crippen LogP contribution >= 0.6 is 0 Å².